The summed E-state index contributed by atoms with van der Waals surface area (Å²) < 4.78 is 17.9. The van der Waals surface area contributed by atoms with Crippen LogP contribution in [0.15, 0.2) is 46.5 Å². The molecule has 4 rings (SSSR count). The molecular weight excluding hydrogens is 361 g/mol. The molecule has 8 heteroatoms. The molecule has 1 atom stereocenters. The van der Waals surface area contributed by atoms with Gasteiger partial charge in [0, 0.05) is 37.0 Å². The molecule has 28 heavy (non-hydrogen) atoms. The Hall–Kier alpha value is -3.31. The Balaban J connectivity index is 0.000000236. The van der Waals surface area contributed by atoms with E-state index in [4.69, 9.17) is 15.4 Å². The van der Waals surface area contributed by atoms with Crippen molar-refractivity contribution >= 4 is 11.6 Å². The van der Waals surface area contributed by atoms with Gasteiger partial charge in [-0.1, -0.05) is 0 Å². The molecule has 0 bridgehead atoms. The SMILES string of the molecule is CC1=CNNC1c1cc2c(o1)CCN(C(=O)CC#N)C2.Nc1ccc(F)cc1. The molecule has 1 amide bonds. The molecule has 2 aliphatic heterocycles. The van der Waals surface area contributed by atoms with Crippen molar-refractivity contribution in [3.63, 3.8) is 0 Å². The first kappa shape index (κ1) is 19.5. The first-order chi connectivity index (χ1) is 13.5. The molecular formula is C20H22FN5O2. The van der Waals surface area contributed by atoms with E-state index in [9.17, 15) is 9.18 Å². The number of amides is 1. The summed E-state index contributed by atoms with van der Waals surface area (Å²) in [6.45, 7) is 3.18. The van der Waals surface area contributed by atoms with Gasteiger partial charge in [-0.05, 0) is 42.8 Å². The molecule has 3 heterocycles. The zero-order valence-corrected chi connectivity index (χ0v) is 15.5. The minimum atomic E-state index is -0.251. The number of furan rings is 1. The van der Waals surface area contributed by atoms with Crippen LogP contribution in [0.4, 0.5) is 10.1 Å². The maximum absolute atomic E-state index is 12.0. The number of nitrogens with zero attached hydrogens (tertiary/aromatic N) is 2. The van der Waals surface area contributed by atoms with Crippen molar-refractivity contribution < 1.29 is 13.6 Å². The fraction of sp³-hybridized carbons (Fsp3) is 0.300. The summed E-state index contributed by atoms with van der Waals surface area (Å²) in [4.78, 5) is 13.5. The lowest BCUT2D eigenvalue weighted by Gasteiger charge is -2.25. The molecule has 0 aliphatic carbocycles. The number of nitrogen functional groups attached to an aromatic ring is 1. The highest BCUT2D eigenvalue weighted by molar-refractivity contribution is 5.78. The maximum Gasteiger partial charge on any atom is 0.237 e. The van der Waals surface area contributed by atoms with Crippen LogP contribution in [0.5, 0.6) is 0 Å². The lowest BCUT2D eigenvalue weighted by molar-refractivity contribution is -0.131. The number of carbonyl (C=O) groups excluding carboxylic acids is 1. The number of carbonyl (C=O) groups is 1. The van der Waals surface area contributed by atoms with E-state index in [1.807, 2.05) is 25.3 Å². The van der Waals surface area contributed by atoms with Gasteiger partial charge in [0.25, 0.3) is 0 Å². The Morgan fingerprint density at radius 1 is 1.43 bits per heavy atom. The molecule has 1 aromatic heterocycles. The molecule has 4 N–H and O–H groups in total. The third-order valence-corrected chi connectivity index (χ3v) is 4.61. The number of rotatable bonds is 2. The summed E-state index contributed by atoms with van der Waals surface area (Å²) in [5.74, 6) is 1.45. The van der Waals surface area contributed by atoms with Gasteiger partial charge in [0.1, 0.15) is 29.8 Å². The second-order valence-electron chi connectivity index (χ2n) is 6.66. The molecule has 0 spiro atoms. The van der Waals surface area contributed by atoms with Crippen LogP contribution in [0.2, 0.25) is 0 Å². The predicted molar refractivity (Wildman–Crippen MR) is 102 cm³/mol. The highest BCUT2D eigenvalue weighted by Crippen LogP contribution is 2.30. The van der Waals surface area contributed by atoms with E-state index >= 15 is 0 Å². The molecule has 7 nitrogen and oxygen atoms in total. The summed E-state index contributed by atoms with van der Waals surface area (Å²) in [7, 11) is 0. The molecule has 0 saturated carbocycles. The van der Waals surface area contributed by atoms with E-state index < -0.39 is 0 Å². The van der Waals surface area contributed by atoms with Gasteiger partial charge < -0.3 is 20.5 Å². The lowest BCUT2D eigenvalue weighted by Crippen LogP contribution is -2.35. The molecule has 2 aliphatic rings. The van der Waals surface area contributed by atoms with Gasteiger partial charge in [-0.3, -0.25) is 4.79 Å². The highest BCUT2D eigenvalue weighted by Gasteiger charge is 2.27. The Labute approximate surface area is 162 Å². The molecule has 1 aromatic carbocycles. The largest absolute Gasteiger partial charge is 0.464 e. The number of benzene rings is 1. The smallest absolute Gasteiger partial charge is 0.237 e. The summed E-state index contributed by atoms with van der Waals surface area (Å²) in [5.41, 5.74) is 14.1. The van der Waals surface area contributed by atoms with Crippen LogP contribution in [-0.4, -0.2) is 17.4 Å². The van der Waals surface area contributed by atoms with Gasteiger partial charge in [-0.15, -0.1) is 0 Å². The first-order valence-electron chi connectivity index (χ1n) is 8.93. The Morgan fingerprint density at radius 3 is 2.79 bits per heavy atom. The number of nitrogens with two attached hydrogens (primary N) is 1. The van der Waals surface area contributed by atoms with Gasteiger partial charge >= 0.3 is 0 Å². The lowest BCUT2D eigenvalue weighted by atomic mass is 10.1. The summed E-state index contributed by atoms with van der Waals surface area (Å²) in [5, 5.41) is 8.60. The number of fused-ring (bicyclic) bond motifs is 1. The fourth-order valence-electron chi connectivity index (χ4n) is 3.08. The number of nitrogens with one attached hydrogen (secondary N) is 2. The normalized spacial score (nSPS) is 17.5. The molecule has 0 radical (unpaired) electrons. The number of hydrogen-bond acceptors (Lipinski definition) is 6. The first-order valence-corrected chi connectivity index (χ1v) is 8.93. The van der Waals surface area contributed by atoms with Crippen molar-refractivity contribution in [1.82, 2.24) is 15.8 Å². The average Bonchev–Trinajstić information content (AvgIpc) is 3.29. The van der Waals surface area contributed by atoms with E-state index in [1.165, 1.54) is 24.3 Å². The zero-order chi connectivity index (χ0) is 20.1. The number of nitriles is 1. The van der Waals surface area contributed by atoms with Crippen molar-refractivity contribution in [3.8, 4) is 6.07 Å². The standard InChI is InChI=1S/C14H16N4O2.C6H6FN/c1-9-7-16-17-14(9)12-6-10-8-18(13(19)2-4-15)5-3-11(10)20-12;7-5-1-3-6(8)4-2-5/h6-7,14,16-17H,2-3,5,8H2,1H3;1-4H,8H2. The quantitative estimate of drug-likeness (QED) is 0.688. The van der Waals surface area contributed by atoms with Crippen molar-refractivity contribution in [2.24, 2.45) is 0 Å². The number of halogens is 1. The van der Waals surface area contributed by atoms with Crippen LogP contribution in [0.3, 0.4) is 0 Å². The van der Waals surface area contributed by atoms with Crippen LogP contribution in [0.1, 0.15) is 36.5 Å². The van der Waals surface area contributed by atoms with Crippen molar-refractivity contribution in [1.29, 1.82) is 5.26 Å². The van der Waals surface area contributed by atoms with Crippen LogP contribution >= 0.6 is 0 Å². The second-order valence-corrected chi connectivity index (χ2v) is 6.66. The monoisotopic (exact) mass is 383 g/mol. The second kappa shape index (κ2) is 8.59. The summed E-state index contributed by atoms with van der Waals surface area (Å²) in [6, 6.07) is 9.66. The van der Waals surface area contributed by atoms with E-state index in [-0.39, 0.29) is 24.2 Å². The minimum Gasteiger partial charge on any atom is -0.464 e. The van der Waals surface area contributed by atoms with Gasteiger partial charge in [0.15, 0.2) is 0 Å². The molecule has 0 saturated heterocycles. The number of anilines is 1. The number of hydrazine groups is 1. The summed E-state index contributed by atoms with van der Waals surface area (Å²) in [6.07, 6.45) is 2.56. The average molecular weight is 383 g/mol. The molecule has 1 unspecified atom stereocenters. The number of hydrogen-bond donors (Lipinski definition) is 3. The van der Waals surface area contributed by atoms with Gasteiger partial charge in [0.2, 0.25) is 5.91 Å². The molecule has 0 fully saturated rings. The van der Waals surface area contributed by atoms with Crippen molar-refractivity contribution in [2.75, 3.05) is 12.3 Å². The Morgan fingerprint density at radius 2 is 2.18 bits per heavy atom. The zero-order valence-electron chi connectivity index (χ0n) is 15.5. The van der Waals surface area contributed by atoms with E-state index in [1.54, 1.807) is 4.90 Å². The van der Waals surface area contributed by atoms with Crippen LogP contribution in [0.25, 0.3) is 0 Å². The van der Waals surface area contributed by atoms with Crippen LogP contribution < -0.4 is 16.6 Å². The van der Waals surface area contributed by atoms with E-state index in [2.05, 4.69) is 10.9 Å². The van der Waals surface area contributed by atoms with Crippen LogP contribution in [-0.2, 0) is 17.8 Å². The Kier molecular flexibility index (Phi) is 5.96. The van der Waals surface area contributed by atoms with Crippen molar-refractivity contribution in [3.05, 3.63) is 65.0 Å². The van der Waals surface area contributed by atoms with E-state index in [0.717, 1.165) is 22.7 Å². The van der Waals surface area contributed by atoms with Gasteiger partial charge in [0.05, 0.1) is 6.07 Å². The van der Waals surface area contributed by atoms with E-state index in [0.29, 0.717) is 25.2 Å². The highest BCUT2D eigenvalue weighted by atomic mass is 19.1. The van der Waals surface area contributed by atoms with Gasteiger partial charge in [-0.25, -0.2) is 9.82 Å². The molecule has 146 valence electrons. The third kappa shape index (κ3) is 4.50. The maximum atomic E-state index is 12.0. The minimum absolute atomic E-state index is 0.0452. The summed E-state index contributed by atoms with van der Waals surface area (Å²) >= 11 is 0. The van der Waals surface area contributed by atoms with Crippen molar-refractivity contribution in [2.45, 2.75) is 32.4 Å². The predicted octanol–water partition coefficient (Wildman–Crippen LogP) is 2.54. The third-order valence-electron chi connectivity index (χ3n) is 4.61. The topological polar surface area (TPSA) is 107 Å². The Bertz CT molecular complexity index is 893. The van der Waals surface area contributed by atoms with Gasteiger partial charge in [-0.2, -0.15) is 5.26 Å². The van der Waals surface area contributed by atoms with Crippen LogP contribution in [0, 0.1) is 17.1 Å². The molecule has 2 aromatic rings. The fourth-order valence-corrected chi connectivity index (χ4v) is 3.08.